The Morgan fingerprint density at radius 3 is 3.00 bits per heavy atom. The van der Waals surface area contributed by atoms with Crippen molar-refractivity contribution in [2.24, 2.45) is 10.8 Å². The SMILES string of the molecule is C/C(=N/C(=S)NN)c1ccco1. The van der Waals surface area contributed by atoms with E-state index in [9.17, 15) is 0 Å². The van der Waals surface area contributed by atoms with Gasteiger partial charge in [0, 0.05) is 0 Å². The highest BCUT2D eigenvalue weighted by molar-refractivity contribution is 7.80. The van der Waals surface area contributed by atoms with E-state index in [1.807, 2.05) is 0 Å². The van der Waals surface area contributed by atoms with Crippen molar-refractivity contribution < 1.29 is 4.42 Å². The predicted molar refractivity (Wildman–Crippen MR) is 50.8 cm³/mol. The van der Waals surface area contributed by atoms with E-state index in [4.69, 9.17) is 22.5 Å². The molecule has 0 aliphatic heterocycles. The van der Waals surface area contributed by atoms with Crippen molar-refractivity contribution in [1.29, 1.82) is 0 Å². The molecule has 0 saturated heterocycles. The molecule has 0 aromatic carbocycles. The monoisotopic (exact) mass is 183 g/mol. The van der Waals surface area contributed by atoms with Crippen molar-refractivity contribution in [2.75, 3.05) is 0 Å². The summed E-state index contributed by atoms with van der Waals surface area (Å²) >= 11 is 4.74. The number of hydrogen-bond acceptors (Lipinski definition) is 3. The van der Waals surface area contributed by atoms with Crippen LogP contribution in [0.1, 0.15) is 12.7 Å². The average molecular weight is 183 g/mol. The molecule has 0 amide bonds. The van der Waals surface area contributed by atoms with Crippen LogP contribution in [0.5, 0.6) is 0 Å². The summed E-state index contributed by atoms with van der Waals surface area (Å²) in [6.07, 6.45) is 1.58. The number of hydrazine groups is 1. The molecule has 0 spiro atoms. The Balaban J connectivity index is 2.77. The molecule has 0 unspecified atom stereocenters. The number of nitrogens with one attached hydrogen (secondary N) is 1. The fraction of sp³-hybridized carbons (Fsp3) is 0.143. The maximum absolute atomic E-state index is 5.08. The molecule has 0 radical (unpaired) electrons. The van der Waals surface area contributed by atoms with Crippen LogP contribution in [0.2, 0.25) is 0 Å². The molecule has 0 saturated carbocycles. The summed E-state index contributed by atoms with van der Waals surface area (Å²) in [7, 11) is 0. The molecule has 4 nitrogen and oxygen atoms in total. The fourth-order valence-corrected chi connectivity index (χ4v) is 0.861. The summed E-state index contributed by atoms with van der Waals surface area (Å²) in [6.45, 7) is 1.79. The molecule has 0 aliphatic rings. The van der Waals surface area contributed by atoms with E-state index >= 15 is 0 Å². The van der Waals surface area contributed by atoms with E-state index in [1.165, 1.54) is 0 Å². The van der Waals surface area contributed by atoms with Crippen LogP contribution in [0.25, 0.3) is 0 Å². The lowest BCUT2D eigenvalue weighted by Gasteiger charge is -1.96. The van der Waals surface area contributed by atoms with Crippen LogP contribution in [-0.2, 0) is 0 Å². The van der Waals surface area contributed by atoms with Gasteiger partial charge < -0.3 is 4.42 Å². The van der Waals surface area contributed by atoms with Crippen molar-refractivity contribution in [3.8, 4) is 0 Å². The van der Waals surface area contributed by atoms with Gasteiger partial charge in [-0.05, 0) is 31.3 Å². The molecule has 1 rings (SSSR count). The van der Waals surface area contributed by atoms with Gasteiger partial charge in [-0.15, -0.1) is 0 Å². The van der Waals surface area contributed by atoms with Gasteiger partial charge in [-0.3, -0.25) is 5.43 Å². The smallest absolute Gasteiger partial charge is 0.207 e. The number of thiocarbonyl (C=S) groups is 1. The highest BCUT2D eigenvalue weighted by atomic mass is 32.1. The van der Waals surface area contributed by atoms with Crippen molar-refractivity contribution in [3.05, 3.63) is 24.2 Å². The Morgan fingerprint density at radius 2 is 2.50 bits per heavy atom. The summed E-state index contributed by atoms with van der Waals surface area (Å²) in [5, 5.41) is 0.240. The maximum Gasteiger partial charge on any atom is 0.207 e. The lowest BCUT2D eigenvalue weighted by atomic mass is 10.3. The zero-order valence-corrected chi connectivity index (χ0v) is 7.39. The second-order valence-corrected chi connectivity index (χ2v) is 2.51. The summed E-state index contributed by atoms with van der Waals surface area (Å²) in [6, 6.07) is 3.59. The molecule has 0 atom stereocenters. The third-order valence-corrected chi connectivity index (χ3v) is 1.48. The maximum atomic E-state index is 5.08. The molecule has 1 aromatic rings. The highest BCUT2D eigenvalue weighted by Crippen LogP contribution is 2.01. The van der Waals surface area contributed by atoms with Crippen LogP contribution >= 0.6 is 12.2 Å². The predicted octanol–water partition coefficient (Wildman–Crippen LogP) is 0.837. The van der Waals surface area contributed by atoms with E-state index in [1.54, 1.807) is 25.3 Å². The van der Waals surface area contributed by atoms with Crippen LogP contribution < -0.4 is 11.3 Å². The third kappa shape index (κ3) is 2.14. The molecular formula is C7H9N3OS. The quantitative estimate of drug-likeness (QED) is 0.293. The Hall–Kier alpha value is -1.20. The van der Waals surface area contributed by atoms with E-state index in [-0.39, 0.29) is 5.11 Å². The molecule has 5 heteroatoms. The number of nitrogens with two attached hydrogens (primary N) is 1. The second-order valence-electron chi connectivity index (χ2n) is 2.12. The van der Waals surface area contributed by atoms with Gasteiger partial charge in [0.1, 0.15) is 5.76 Å². The van der Waals surface area contributed by atoms with Crippen LogP contribution in [0.4, 0.5) is 0 Å². The van der Waals surface area contributed by atoms with E-state index in [0.717, 1.165) is 0 Å². The summed E-state index contributed by atoms with van der Waals surface area (Å²) in [5.74, 6) is 5.73. The minimum Gasteiger partial charge on any atom is -0.463 e. The Morgan fingerprint density at radius 1 is 1.75 bits per heavy atom. The molecule has 64 valence electrons. The Kier molecular flexibility index (Phi) is 2.95. The normalized spacial score (nSPS) is 11.3. The van der Waals surface area contributed by atoms with Crippen molar-refractivity contribution in [2.45, 2.75) is 6.92 Å². The molecule has 12 heavy (non-hydrogen) atoms. The van der Waals surface area contributed by atoms with Gasteiger partial charge in [-0.25, -0.2) is 10.8 Å². The first-order chi connectivity index (χ1) is 5.74. The minimum absolute atomic E-state index is 0.240. The van der Waals surface area contributed by atoms with Gasteiger partial charge in [-0.1, -0.05) is 0 Å². The number of aliphatic imine (C=N–C) groups is 1. The van der Waals surface area contributed by atoms with E-state index < -0.39 is 0 Å². The number of rotatable bonds is 1. The van der Waals surface area contributed by atoms with Crippen LogP contribution in [0.15, 0.2) is 27.8 Å². The molecule has 0 aliphatic carbocycles. The lowest BCUT2D eigenvalue weighted by molar-refractivity contribution is 0.557. The first-order valence-corrected chi connectivity index (χ1v) is 3.74. The van der Waals surface area contributed by atoms with Crippen LogP contribution in [0.3, 0.4) is 0 Å². The molecule has 3 N–H and O–H groups in total. The molecular weight excluding hydrogens is 174 g/mol. The Labute approximate surface area is 75.4 Å². The standard InChI is InChI=1S/C7H9N3OS/c1-5(9-7(12)10-8)6-3-2-4-11-6/h2-4H,8H2,1H3,(H,10,12)/b9-5-. The summed E-state index contributed by atoms with van der Waals surface area (Å²) in [5.41, 5.74) is 2.96. The number of hydrogen-bond donors (Lipinski definition) is 2. The van der Waals surface area contributed by atoms with Crippen molar-refractivity contribution in [1.82, 2.24) is 5.43 Å². The topological polar surface area (TPSA) is 63.5 Å². The van der Waals surface area contributed by atoms with E-state index in [2.05, 4.69) is 10.4 Å². The summed E-state index contributed by atoms with van der Waals surface area (Å²) < 4.78 is 5.08. The van der Waals surface area contributed by atoms with Gasteiger partial charge in [0.15, 0.2) is 0 Å². The van der Waals surface area contributed by atoms with Gasteiger partial charge in [0.05, 0.1) is 12.0 Å². The van der Waals surface area contributed by atoms with Crippen molar-refractivity contribution in [3.63, 3.8) is 0 Å². The average Bonchev–Trinajstić information content (AvgIpc) is 2.56. The fourth-order valence-electron chi connectivity index (χ4n) is 0.724. The third-order valence-electron chi connectivity index (χ3n) is 1.27. The molecule has 0 fully saturated rings. The van der Waals surface area contributed by atoms with Gasteiger partial charge in [0.2, 0.25) is 5.11 Å². The first kappa shape index (κ1) is 8.89. The first-order valence-electron chi connectivity index (χ1n) is 3.34. The number of furan rings is 1. The lowest BCUT2D eigenvalue weighted by Crippen LogP contribution is -2.27. The van der Waals surface area contributed by atoms with Crippen LogP contribution in [-0.4, -0.2) is 10.8 Å². The largest absolute Gasteiger partial charge is 0.463 e. The molecule has 1 heterocycles. The van der Waals surface area contributed by atoms with Gasteiger partial charge in [0.25, 0.3) is 0 Å². The highest BCUT2D eigenvalue weighted by Gasteiger charge is 1.99. The van der Waals surface area contributed by atoms with Gasteiger partial charge in [-0.2, -0.15) is 0 Å². The zero-order valence-electron chi connectivity index (χ0n) is 6.57. The number of nitrogens with zero attached hydrogens (tertiary/aromatic N) is 1. The summed E-state index contributed by atoms with van der Waals surface area (Å²) in [4.78, 5) is 3.96. The van der Waals surface area contributed by atoms with Crippen LogP contribution in [0, 0.1) is 0 Å². The minimum atomic E-state index is 0.240. The molecule has 0 bridgehead atoms. The zero-order chi connectivity index (χ0) is 8.97. The Bertz CT molecular complexity index is 292. The van der Waals surface area contributed by atoms with E-state index in [0.29, 0.717) is 11.5 Å². The van der Waals surface area contributed by atoms with Crippen molar-refractivity contribution >= 4 is 23.0 Å². The molecule has 1 aromatic heterocycles. The second kappa shape index (κ2) is 3.99. The van der Waals surface area contributed by atoms with Gasteiger partial charge >= 0.3 is 0 Å².